The van der Waals surface area contributed by atoms with Crippen LogP contribution in [-0.4, -0.2) is 56.0 Å². The Balaban J connectivity index is 2.17. The summed E-state index contributed by atoms with van der Waals surface area (Å²) in [5.74, 6) is -0.456. The fourth-order valence-electron chi connectivity index (χ4n) is 2.74. The van der Waals surface area contributed by atoms with Crippen LogP contribution in [-0.2, 0) is 6.54 Å². The lowest BCUT2D eigenvalue weighted by Gasteiger charge is -2.22. The monoisotopic (exact) mass is 406 g/mol. The maximum Gasteiger partial charge on any atom is 0.387 e. The van der Waals surface area contributed by atoms with Crippen molar-refractivity contribution in [3.05, 3.63) is 59.2 Å². The molecule has 8 heteroatoms. The lowest BCUT2D eigenvalue weighted by atomic mass is 10.1. The molecule has 0 bridgehead atoms. The molecule has 0 aliphatic carbocycles. The van der Waals surface area contributed by atoms with Crippen LogP contribution in [0.3, 0.4) is 0 Å². The van der Waals surface area contributed by atoms with Crippen molar-refractivity contribution < 1.29 is 27.8 Å². The van der Waals surface area contributed by atoms with E-state index in [9.17, 15) is 18.4 Å². The van der Waals surface area contributed by atoms with E-state index in [1.165, 1.54) is 30.2 Å². The highest BCUT2D eigenvalue weighted by molar-refractivity contribution is 5.95. The molecule has 0 unspecified atom stereocenters. The molecule has 0 saturated heterocycles. The Morgan fingerprint density at radius 1 is 0.966 bits per heavy atom. The number of alkyl halides is 2. The van der Waals surface area contributed by atoms with Gasteiger partial charge in [0.05, 0.1) is 7.11 Å². The largest absolute Gasteiger partial charge is 0.493 e. The molecule has 0 aliphatic heterocycles. The van der Waals surface area contributed by atoms with Crippen LogP contribution in [0.4, 0.5) is 8.78 Å². The summed E-state index contributed by atoms with van der Waals surface area (Å²) in [5, 5.41) is 0. The third-order valence-corrected chi connectivity index (χ3v) is 4.28. The molecule has 0 atom stereocenters. The average Bonchev–Trinajstić information content (AvgIpc) is 2.71. The van der Waals surface area contributed by atoms with Gasteiger partial charge in [-0.3, -0.25) is 9.59 Å². The van der Waals surface area contributed by atoms with Crippen LogP contribution in [0.2, 0.25) is 0 Å². The minimum atomic E-state index is -2.99. The number of nitrogens with zero attached hydrogens (tertiary/aromatic N) is 2. The fourth-order valence-corrected chi connectivity index (χ4v) is 2.74. The number of carbonyl (C=O) groups is 2. The number of rotatable bonds is 8. The standard InChI is InChI=1S/C21H24F2N2O4/c1-5-25(13-14-6-8-15(9-7-14)19(26)24(2)3)20(27)16-10-11-17(29-21(22)23)18(12-16)28-4/h6-12,21H,5,13H2,1-4H3. The SMILES string of the molecule is CCN(Cc1ccc(C(=O)N(C)C)cc1)C(=O)c1ccc(OC(F)F)c(OC)c1. The minimum absolute atomic E-state index is 0.0544. The summed E-state index contributed by atoms with van der Waals surface area (Å²) < 4.78 is 34.4. The Labute approximate surface area is 168 Å². The molecule has 0 spiro atoms. The van der Waals surface area contributed by atoms with Crippen molar-refractivity contribution in [3.8, 4) is 11.5 Å². The number of ether oxygens (including phenoxy) is 2. The summed E-state index contributed by atoms with van der Waals surface area (Å²) in [7, 11) is 4.68. The van der Waals surface area contributed by atoms with Gasteiger partial charge in [0, 0.05) is 38.3 Å². The van der Waals surface area contributed by atoms with Crippen molar-refractivity contribution in [1.82, 2.24) is 9.80 Å². The fraction of sp³-hybridized carbons (Fsp3) is 0.333. The van der Waals surface area contributed by atoms with Crippen LogP contribution in [0.25, 0.3) is 0 Å². The van der Waals surface area contributed by atoms with Gasteiger partial charge in [0.25, 0.3) is 11.8 Å². The summed E-state index contributed by atoms with van der Waals surface area (Å²) in [4.78, 5) is 27.9. The molecule has 2 aromatic carbocycles. The molecule has 0 radical (unpaired) electrons. The van der Waals surface area contributed by atoms with Crippen molar-refractivity contribution in [2.75, 3.05) is 27.7 Å². The van der Waals surface area contributed by atoms with Gasteiger partial charge in [0.2, 0.25) is 0 Å². The smallest absolute Gasteiger partial charge is 0.387 e. The van der Waals surface area contributed by atoms with Crippen LogP contribution in [0, 0.1) is 0 Å². The highest BCUT2D eigenvalue weighted by Gasteiger charge is 2.18. The Kier molecular flexibility index (Phi) is 7.52. The van der Waals surface area contributed by atoms with E-state index in [1.807, 2.05) is 6.92 Å². The van der Waals surface area contributed by atoms with Crippen LogP contribution in [0.1, 0.15) is 33.2 Å². The summed E-state index contributed by atoms with van der Waals surface area (Å²) in [6.07, 6.45) is 0. The molecule has 0 aromatic heterocycles. The number of hydrogen-bond donors (Lipinski definition) is 0. The highest BCUT2D eigenvalue weighted by atomic mass is 19.3. The van der Waals surface area contributed by atoms with Crippen molar-refractivity contribution >= 4 is 11.8 Å². The molecule has 2 amide bonds. The molecular formula is C21H24F2N2O4. The van der Waals surface area contributed by atoms with Crippen molar-refractivity contribution in [2.24, 2.45) is 0 Å². The molecular weight excluding hydrogens is 382 g/mol. The van der Waals surface area contributed by atoms with E-state index in [1.54, 1.807) is 43.3 Å². The van der Waals surface area contributed by atoms with E-state index in [2.05, 4.69) is 4.74 Å². The Morgan fingerprint density at radius 2 is 1.59 bits per heavy atom. The first kappa shape index (κ1) is 22.1. The zero-order valence-electron chi connectivity index (χ0n) is 16.8. The molecule has 0 saturated carbocycles. The lowest BCUT2D eigenvalue weighted by molar-refractivity contribution is -0.0512. The number of methoxy groups -OCH3 is 1. The molecule has 0 fully saturated rings. The molecule has 0 heterocycles. The van der Waals surface area contributed by atoms with E-state index >= 15 is 0 Å². The van der Waals surface area contributed by atoms with Gasteiger partial charge in [-0.2, -0.15) is 8.78 Å². The highest BCUT2D eigenvalue weighted by Crippen LogP contribution is 2.30. The predicted molar refractivity (Wildman–Crippen MR) is 105 cm³/mol. The summed E-state index contributed by atoms with van der Waals surface area (Å²) in [5.41, 5.74) is 1.72. The van der Waals surface area contributed by atoms with Crippen molar-refractivity contribution in [3.63, 3.8) is 0 Å². The van der Waals surface area contributed by atoms with Gasteiger partial charge in [0.15, 0.2) is 11.5 Å². The molecule has 2 rings (SSSR count). The Morgan fingerprint density at radius 3 is 2.10 bits per heavy atom. The van der Waals surface area contributed by atoms with Gasteiger partial charge in [0.1, 0.15) is 0 Å². The van der Waals surface area contributed by atoms with Gasteiger partial charge < -0.3 is 19.3 Å². The van der Waals surface area contributed by atoms with Crippen molar-refractivity contribution in [1.29, 1.82) is 0 Å². The zero-order chi connectivity index (χ0) is 21.6. The van der Waals surface area contributed by atoms with Gasteiger partial charge in [-0.1, -0.05) is 12.1 Å². The molecule has 29 heavy (non-hydrogen) atoms. The summed E-state index contributed by atoms with van der Waals surface area (Å²) in [6, 6.07) is 11.1. The van der Waals surface area contributed by atoms with E-state index in [-0.39, 0.29) is 23.3 Å². The zero-order valence-corrected chi connectivity index (χ0v) is 16.8. The third kappa shape index (κ3) is 5.66. The third-order valence-electron chi connectivity index (χ3n) is 4.28. The summed E-state index contributed by atoms with van der Waals surface area (Å²) >= 11 is 0. The van der Waals surface area contributed by atoms with Crippen LogP contribution < -0.4 is 9.47 Å². The van der Waals surface area contributed by atoms with Gasteiger partial charge in [-0.25, -0.2) is 0 Å². The first-order valence-electron chi connectivity index (χ1n) is 8.99. The van der Waals surface area contributed by atoms with E-state index in [0.29, 0.717) is 24.2 Å². The topological polar surface area (TPSA) is 59.1 Å². The first-order chi connectivity index (χ1) is 13.8. The first-order valence-corrected chi connectivity index (χ1v) is 8.99. The number of hydrogen-bond acceptors (Lipinski definition) is 4. The predicted octanol–water partition coefficient (Wildman–Crippen LogP) is 3.66. The molecule has 0 aliphatic rings. The molecule has 156 valence electrons. The molecule has 2 aromatic rings. The summed E-state index contributed by atoms with van der Waals surface area (Å²) in [6.45, 7) is -0.370. The van der Waals surface area contributed by atoms with Crippen LogP contribution >= 0.6 is 0 Å². The van der Waals surface area contributed by atoms with E-state index in [0.717, 1.165) is 5.56 Å². The average molecular weight is 406 g/mol. The maximum absolute atomic E-state index is 12.9. The number of halogens is 2. The van der Waals surface area contributed by atoms with E-state index < -0.39 is 6.61 Å². The number of amides is 2. The van der Waals surface area contributed by atoms with Gasteiger partial charge >= 0.3 is 6.61 Å². The second kappa shape index (κ2) is 9.86. The number of carbonyl (C=O) groups excluding carboxylic acids is 2. The van der Waals surface area contributed by atoms with Gasteiger partial charge in [-0.15, -0.1) is 0 Å². The van der Waals surface area contributed by atoms with Crippen LogP contribution in [0.15, 0.2) is 42.5 Å². The van der Waals surface area contributed by atoms with Gasteiger partial charge in [-0.05, 0) is 42.8 Å². The lowest BCUT2D eigenvalue weighted by Crippen LogP contribution is -2.30. The maximum atomic E-state index is 12.9. The minimum Gasteiger partial charge on any atom is -0.493 e. The van der Waals surface area contributed by atoms with E-state index in [4.69, 9.17) is 4.74 Å². The molecule has 6 nitrogen and oxygen atoms in total. The second-order valence-electron chi connectivity index (χ2n) is 6.46. The Hall–Kier alpha value is -3.16. The Bertz CT molecular complexity index is 854. The quantitative estimate of drug-likeness (QED) is 0.671. The van der Waals surface area contributed by atoms with Crippen molar-refractivity contribution in [2.45, 2.75) is 20.1 Å². The second-order valence-corrected chi connectivity index (χ2v) is 6.46. The normalized spacial score (nSPS) is 10.6. The number of benzene rings is 2. The molecule has 0 N–H and O–H groups in total. The van der Waals surface area contributed by atoms with Crippen LogP contribution in [0.5, 0.6) is 11.5 Å².